The summed E-state index contributed by atoms with van der Waals surface area (Å²) in [5.74, 6) is 0. The number of halogens is 1. The second-order valence-corrected chi connectivity index (χ2v) is 6.61. The number of carbonyl (C=O) groups excluding carboxylic acids is 1. The quantitative estimate of drug-likeness (QED) is 0.140. The van der Waals surface area contributed by atoms with E-state index in [1.165, 1.54) is 19.3 Å². The first-order valence-electron chi connectivity index (χ1n) is 4.65. The lowest BCUT2D eigenvalue weighted by atomic mass is 10.8. The molecule has 0 saturated carbocycles. The fourth-order valence-electron chi connectivity index (χ4n) is 1.12. The lowest BCUT2D eigenvalue weighted by Gasteiger charge is -2.37. The zero-order valence-electron chi connectivity index (χ0n) is 9.64. The van der Waals surface area contributed by atoms with E-state index in [-0.39, 0.29) is 0 Å². The molecule has 0 aliphatic carbocycles. The monoisotopic (exact) mass is 280 g/mol. The molecule has 96 valence electrons. The summed E-state index contributed by atoms with van der Waals surface area (Å²) in [5, 5.41) is 9.49. The van der Waals surface area contributed by atoms with Gasteiger partial charge in [-0.05, 0) is 11.6 Å². The Hall–Kier alpha value is -0.893. The van der Waals surface area contributed by atoms with Crippen molar-refractivity contribution in [3.63, 3.8) is 0 Å². The van der Waals surface area contributed by atoms with Gasteiger partial charge in [-0.2, -0.15) is 9.94 Å². The summed E-state index contributed by atoms with van der Waals surface area (Å²) in [5.41, 5.74) is 2.28. The molecule has 1 aliphatic rings. The molecule has 8 nitrogen and oxygen atoms in total. The van der Waals surface area contributed by atoms with Gasteiger partial charge in [0, 0.05) is 20.8 Å². The van der Waals surface area contributed by atoms with Crippen molar-refractivity contribution >= 4 is 25.7 Å². The largest absolute Gasteiger partial charge is 0.481 e. The molecule has 0 aromatic heterocycles. The van der Waals surface area contributed by atoms with Gasteiger partial charge in [-0.25, -0.2) is 0 Å². The third kappa shape index (κ3) is 3.29. The molecular weight excluding hydrogens is 268 g/mol. The van der Waals surface area contributed by atoms with Crippen LogP contribution in [0.2, 0.25) is 6.55 Å². The molecule has 1 rings (SSSR count). The summed E-state index contributed by atoms with van der Waals surface area (Å²) < 4.78 is 16.5. The van der Waals surface area contributed by atoms with Crippen LogP contribution in [-0.4, -0.2) is 50.9 Å². The molecule has 1 amide bonds. The fourth-order valence-corrected chi connectivity index (χ4v) is 2.47. The van der Waals surface area contributed by atoms with Crippen LogP contribution in [0.1, 0.15) is 0 Å². The number of rotatable bonds is 6. The van der Waals surface area contributed by atoms with Gasteiger partial charge in [0.25, 0.3) is 0 Å². The molecule has 1 fully saturated rings. The standard InChI is InChI=1S/C7H13ClN4O4Si/c1-14-17(3,15-2)11(5-9)12(6-4-16-6)10-7(8)13/h6H,4H2,1-3H3,(H,10,13). The van der Waals surface area contributed by atoms with E-state index in [1.54, 1.807) is 6.55 Å². The fraction of sp³-hybridized carbons (Fsp3) is 0.714. The van der Waals surface area contributed by atoms with Gasteiger partial charge < -0.3 is 13.6 Å². The minimum absolute atomic E-state index is 0.382. The Morgan fingerprint density at radius 2 is 2.18 bits per heavy atom. The lowest BCUT2D eigenvalue weighted by molar-refractivity contribution is -0.0267. The van der Waals surface area contributed by atoms with E-state index in [2.05, 4.69) is 5.43 Å². The highest BCUT2D eigenvalue weighted by Crippen LogP contribution is 2.21. The number of nitriles is 1. The molecule has 0 radical (unpaired) electrons. The molecule has 1 aliphatic heterocycles. The third-order valence-electron chi connectivity index (χ3n) is 2.24. The van der Waals surface area contributed by atoms with Gasteiger partial charge in [-0.15, -0.1) is 0 Å². The molecule has 1 unspecified atom stereocenters. The van der Waals surface area contributed by atoms with Crippen molar-refractivity contribution in [3.05, 3.63) is 0 Å². The van der Waals surface area contributed by atoms with Gasteiger partial charge in [0.2, 0.25) is 0 Å². The predicted molar refractivity (Wildman–Crippen MR) is 59.1 cm³/mol. The molecule has 1 heterocycles. The SMILES string of the molecule is CO[Si](C)(OC)N(C#N)N(NC(=O)Cl)C1CO1. The minimum atomic E-state index is -2.93. The summed E-state index contributed by atoms with van der Waals surface area (Å²) >= 11 is 5.23. The molecule has 10 heteroatoms. The van der Waals surface area contributed by atoms with Crippen LogP contribution in [0.4, 0.5) is 4.79 Å². The van der Waals surface area contributed by atoms with Crippen LogP contribution in [0.25, 0.3) is 0 Å². The highest BCUT2D eigenvalue weighted by Gasteiger charge is 2.48. The lowest BCUT2D eigenvalue weighted by Crippen LogP contribution is -2.64. The van der Waals surface area contributed by atoms with Gasteiger partial charge in [-0.3, -0.25) is 10.2 Å². The summed E-state index contributed by atoms with van der Waals surface area (Å²) in [7, 11) is -0.0845. The van der Waals surface area contributed by atoms with E-state index in [9.17, 15) is 4.79 Å². The molecule has 0 bridgehead atoms. The summed E-state index contributed by atoms with van der Waals surface area (Å²) in [6.07, 6.45) is 1.45. The second-order valence-electron chi connectivity index (χ2n) is 3.24. The molecule has 0 aromatic rings. The number of ether oxygens (including phenoxy) is 1. The highest BCUT2D eigenvalue weighted by atomic mass is 35.5. The third-order valence-corrected chi connectivity index (χ3v) is 4.93. The highest BCUT2D eigenvalue weighted by molar-refractivity contribution is 6.64. The van der Waals surface area contributed by atoms with E-state index in [4.69, 9.17) is 30.5 Å². The first kappa shape index (κ1) is 14.2. The molecule has 1 saturated heterocycles. The summed E-state index contributed by atoms with van der Waals surface area (Å²) in [6.45, 7) is 2.03. The number of hydrogen-bond acceptors (Lipinski definition) is 7. The van der Waals surface area contributed by atoms with E-state index < -0.39 is 20.3 Å². The predicted octanol–water partition coefficient (Wildman–Crippen LogP) is 0.0677. The van der Waals surface area contributed by atoms with Crippen LogP contribution in [0.15, 0.2) is 0 Å². The Morgan fingerprint density at radius 1 is 1.65 bits per heavy atom. The zero-order chi connectivity index (χ0) is 13.1. The molecule has 17 heavy (non-hydrogen) atoms. The number of epoxide rings is 1. The van der Waals surface area contributed by atoms with Crippen molar-refractivity contribution in [2.75, 3.05) is 20.8 Å². The van der Waals surface area contributed by atoms with Gasteiger partial charge in [0.1, 0.15) is 0 Å². The van der Waals surface area contributed by atoms with Gasteiger partial charge >= 0.3 is 14.1 Å². The Bertz CT molecular complexity index is 330. The van der Waals surface area contributed by atoms with Crippen molar-refractivity contribution < 1.29 is 18.4 Å². The number of carbonyl (C=O) groups is 1. The zero-order valence-corrected chi connectivity index (χ0v) is 11.4. The topological polar surface area (TPSA) is 90.4 Å². The van der Waals surface area contributed by atoms with E-state index >= 15 is 0 Å². The van der Waals surface area contributed by atoms with Crippen molar-refractivity contribution in [3.8, 4) is 6.19 Å². The Labute approximate surface area is 105 Å². The minimum Gasteiger partial charge on any atom is -0.381 e. The van der Waals surface area contributed by atoms with Crippen LogP contribution < -0.4 is 5.43 Å². The van der Waals surface area contributed by atoms with Crippen molar-refractivity contribution in [2.24, 2.45) is 0 Å². The maximum Gasteiger partial charge on any atom is 0.481 e. The molecular formula is C7H13ClN4O4Si. The second kappa shape index (κ2) is 5.63. The first-order valence-corrected chi connectivity index (χ1v) is 7.29. The van der Waals surface area contributed by atoms with Crippen LogP contribution >= 0.6 is 11.6 Å². The molecule has 1 atom stereocenters. The number of hydrogen-bond donors (Lipinski definition) is 1. The summed E-state index contributed by atoms with van der Waals surface area (Å²) in [4.78, 5) is 10.9. The van der Waals surface area contributed by atoms with Crippen molar-refractivity contribution in [1.29, 1.82) is 5.26 Å². The molecule has 0 spiro atoms. The summed E-state index contributed by atoms with van der Waals surface area (Å²) in [6, 6.07) is 0. The van der Waals surface area contributed by atoms with Crippen molar-refractivity contribution in [2.45, 2.75) is 12.8 Å². The number of nitrogens with zero attached hydrogens (tertiary/aromatic N) is 3. The Kier molecular flexibility index (Phi) is 4.69. The van der Waals surface area contributed by atoms with Gasteiger partial charge in [0.05, 0.1) is 6.61 Å². The molecule has 1 N–H and O–H groups in total. The van der Waals surface area contributed by atoms with Crippen LogP contribution in [0.5, 0.6) is 0 Å². The smallest absolute Gasteiger partial charge is 0.381 e. The van der Waals surface area contributed by atoms with Crippen LogP contribution in [0.3, 0.4) is 0 Å². The first-order chi connectivity index (χ1) is 7.98. The number of amides is 1. The van der Waals surface area contributed by atoms with Crippen molar-refractivity contribution in [1.82, 2.24) is 15.2 Å². The number of hydrazine groups is 2. The maximum atomic E-state index is 10.9. The Morgan fingerprint density at radius 3 is 2.47 bits per heavy atom. The van der Waals surface area contributed by atoms with Gasteiger partial charge in [0.15, 0.2) is 12.4 Å². The number of nitrogens with one attached hydrogen (secondary N) is 1. The van der Waals surface area contributed by atoms with Gasteiger partial charge in [-0.1, -0.05) is 5.12 Å². The van der Waals surface area contributed by atoms with Crippen LogP contribution in [0, 0.1) is 11.5 Å². The van der Waals surface area contributed by atoms with E-state index in [0.717, 1.165) is 4.67 Å². The normalized spacial score (nSPS) is 18.7. The average molecular weight is 281 g/mol. The average Bonchev–Trinajstić information content (AvgIpc) is 3.11. The van der Waals surface area contributed by atoms with E-state index in [1.807, 2.05) is 6.19 Å². The molecule has 0 aromatic carbocycles. The Balaban J connectivity index is 2.88. The van der Waals surface area contributed by atoms with Crippen LogP contribution in [-0.2, 0) is 13.6 Å². The maximum absolute atomic E-state index is 10.9. The van der Waals surface area contributed by atoms with E-state index in [0.29, 0.717) is 6.61 Å².